The summed E-state index contributed by atoms with van der Waals surface area (Å²) in [4.78, 5) is 35.2. The van der Waals surface area contributed by atoms with Gasteiger partial charge in [-0.2, -0.15) is 0 Å². The molecule has 0 spiro atoms. The number of fused-ring (bicyclic) bond motifs is 1. The average Bonchev–Trinajstić information content (AvgIpc) is 3.31. The van der Waals surface area contributed by atoms with Gasteiger partial charge in [-0.15, -0.1) is 11.8 Å². The van der Waals surface area contributed by atoms with Crippen molar-refractivity contribution in [3.05, 3.63) is 52.1 Å². The molecule has 0 aliphatic carbocycles. The molecule has 2 aromatic carbocycles. The molecule has 11 heteroatoms. The number of para-hydroxylation sites is 1. The number of hydrogen-bond acceptors (Lipinski definition) is 9. The fourth-order valence-corrected chi connectivity index (χ4v) is 4.24. The Hall–Kier alpha value is -3.47. The highest BCUT2D eigenvalue weighted by atomic mass is 32.2. The first-order valence-electron chi connectivity index (χ1n) is 11.0. The minimum atomic E-state index is -0.506. The predicted octanol–water partition coefficient (Wildman–Crippen LogP) is 5.05. The average molecular weight is 487 g/mol. The monoisotopic (exact) mass is 486 g/mol. The number of nitro benzene ring substituents is 1. The van der Waals surface area contributed by atoms with E-state index >= 15 is 0 Å². The first-order valence-corrected chi connectivity index (χ1v) is 12.0. The molecular weight excluding hydrogens is 460 g/mol. The summed E-state index contributed by atoms with van der Waals surface area (Å²) in [6.45, 7) is 2.24. The second-order valence-corrected chi connectivity index (χ2v) is 8.78. The van der Waals surface area contributed by atoms with Gasteiger partial charge in [0.05, 0.1) is 18.0 Å². The molecule has 0 saturated heterocycles. The van der Waals surface area contributed by atoms with E-state index in [1.54, 1.807) is 17.8 Å². The van der Waals surface area contributed by atoms with E-state index in [-0.39, 0.29) is 35.9 Å². The van der Waals surface area contributed by atoms with Crippen molar-refractivity contribution in [1.29, 1.82) is 0 Å². The van der Waals surface area contributed by atoms with Gasteiger partial charge in [0.2, 0.25) is 11.4 Å². The number of amides is 1. The van der Waals surface area contributed by atoms with E-state index in [9.17, 15) is 19.7 Å². The lowest BCUT2D eigenvalue weighted by atomic mass is 10.2. The maximum Gasteiger partial charge on any atom is 0.306 e. The summed E-state index contributed by atoms with van der Waals surface area (Å²) in [6.07, 6.45) is 3.68. The van der Waals surface area contributed by atoms with E-state index < -0.39 is 4.92 Å². The summed E-state index contributed by atoms with van der Waals surface area (Å²) >= 11 is 1.55. The molecule has 0 radical (unpaired) electrons. The van der Waals surface area contributed by atoms with E-state index in [4.69, 9.17) is 4.74 Å². The van der Waals surface area contributed by atoms with Gasteiger partial charge in [-0.1, -0.05) is 31.0 Å². The maximum absolute atomic E-state index is 12.0. The van der Waals surface area contributed by atoms with Crippen molar-refractivity contribution in [3.63, 3.8) is 0 Å². The van der Waals surface area contributed by atoms with Crippen molar-refractivity contribution >= 4 is 46.0 Å². The highest BCUT2D eigenvalue weighted by Crippen LogP contribution is 2.32. The van der Waals surface area contributed by atoms with E-state index in [0.717, 1.165) is 47.6 Å². The maximum atomic E-state index is 12.0. The third-order valence-corrected chi connectivity index (χ3v) is 6.22. The first kappa shape index (κ1) is 25.2. The minimum Gasteiger partial charge on any atom is -0.466 e. The van der Waals surface area contributed by atoms with Gasteiger partial charge >= 0.3 is 11.7 Å². The van der Waals surface area contributed by atoms with Gasteiger partial charge in [-0.05, 0) is 53.5 Å². The number of thioether (sulfide) groups is 1. The SMILES string of the molecule is Cc1ccccc1NC(=O)CCC(=O)OCCCCCCSc1ccc([N+](=O)[O-])c2nonc12. The molecule has 0 atom stereocenters. The largest absolute Gasteiger partial charge is 0.466 e. The van der Waals surface area contributed by atoms with Crippen LogP contribution < -0.4 is 5.32 Å². The lowest BCUT2D eigenvalue weighted by Crippen LogP contribution is -2.15. The third kappa shape index (κ3) is 7.27. The van der Waals surface area contributed by atoms with Crippen molar-refractivity contribution in [1.82, 2.24) is 10.3 Å². The summed E-state index contributed by atoms with van der Waals surface area (Å²) in [5.74, 6) is 0.226. The number of anilines is 1. The van der Waals surface area contributed by atoms with Gasteiger partial charge < -0.3 is 10.1 Å². The molecule has 1 N–H and O–H groups in total. The number of rotatable bonds is 13. The van der Waals surface area contributed by atoms with E-state index in [1.165, 1.54) is 6.07 Å². The number of carbonyl (C=O) groups excluding carboxylic acids is 2. The lowest BCUT2D eigenvalue weighted by Gasteiger charge is -2.08. The van der Waals surface area contributed by atoms with Crippen LogP contribution in [0.5, 0.6) is 0 Å². The highest BCUT2D eigenvalue weighted by Gasteiger charge is 2.19. The summed E-state index contributed by atoms with van der Waals surface area (Å²) in [7, 11) is 0. The zero-order chi connectivity index (χ0) is 24.3. The quantitative estimate of drug-likeness (QED) is 0.116. The zero-order valence-electron chi connectivity index (χ0n) is 18.8. The molecule has 0 fully saturated rings. The number of aryl methyl sites for hydroxylation is 1. The van der Waals surface area contributed by atoms with Crippen LogP contribution in [0.4, 0.5) is 11.4 Å². The van der Waals surface area contributed by atoms with Crippen molar-refractivity contribution < 1.29 is 23.9 Å². The number of nitrogens with one attached hydrogen (secondary N) is 1. The van der Waals surface area contributed by atoms with E-state index in [2.05, 4.69) is 20.3 Å². The smallest absolute Gasteiger partial charge is 0.306 e. The fraction of sp³-hybridized carbons (Fsp3) is 0.391. The summed E-state index contributed by atoms with van der Waals surface area (Å²) in [5, 5.41) is 21.3. The molecule has 0 bridgehead atoms. The summed E-state index contributed by atoms with van der Waals surface area (Å²) in [5.41, 5.74) is 2.15. The highest BCUT2D eigenvalue weighted by molar-refractivity contribution is 7.99. The molecule has 180 valence electrons. The molecule has 0 aliphatic rings. The first-order chi connectivity index (χ1) is 16.5. The Morgan fingerprint density at radius 3 is 2.62 bits per heavy atom. The van der Waals surface area contributed by atoms with Crippen molar-refractivity contribution in [2.45, 2.75) is 50.3 Å². The second-order valence-electron chi connectivity index (χ2n) is 7.65. The van der Waals surface area contributed by atoms with Crippen LogP contribution in [0.3, 0.4) is 0 Å². The number of ether oxygens (including phenoxy) is 1. The molecule has 1 heterocycles. The van der Waals surface area contributed by atoms with Crippen LogP contribution in [0.15, 0.2) is 45.9 Å². The Balaban J connectivity index is 1.24. The van der Waals surface area contributed by atoms with Crippen molar-refractivity contribution in [2.24, 2.45) is 0 Å². The van der Waals surface area contributed by atoms with E-state index in [1.807, 2.05) is 31.2 Å². The molecule has 3 rings (SSSR count). The minimum absolute atomic E-state index is 0.0506. The number of esters is 1. The molecule has 0 aliphatic heterocycles. The number of hydrogen-bond donors (Lipinski definition) is 1. The number of nitrogens with zero attached hydrogens (tertiary/aromatic N) is 3. The Labute approximate surface area is 200 Å². The summed E-state index contributed by atoms with van der Waals surface area (Å²) in [6, 6.07) is 10.5. The van der Waals surface area contributed by atoms with Crippen LogP contribution in [0, 0.1) is 17.0 Å². The second kappa shape index (κ2) is 12.7. The Morgan fingerprint density at radius 2 is 1.82 bits per heavy atom. The number of unbranched alkanes of at least 4 members (excludes halogenated alkanes) is 3. The van der Waals surface area contributed by atoms with Crippen LogP contribution in [0.1, 0.15) is 44.1 Å². The zero-order valence-corrected chi connectivity index (χ0v) is 19.6. The standard InChI is InChI=1S/C23H26N4O6S/c1-16-8-4-5-9-17(16)24-20(28)12-13-21(29)32-14-6-2-3-7-15-34-19-11-10-18(27(30)31)22-23(19)26-33-25-22/h4-5,8-11H,2-3,6-7,12-15H2,1H3,(H,24,28). The summed E-state index contributed by atoms with van der Waals surface area (Å²) < 4.78 is 9.88. The van der Waals surface area contributed by atoms with Crippen LogP contribution in [-0.2, 0) is 14.3 Å². The van der Waals surface area contributed by atoms with Gasteiger partial charge in [0.15, 0.2) is 5.52 Å². The molecule has 3 aromatic rings. The van der Waals surface area contributed by atoms with Gasteiger partial charge in [-0.3, -0.25) is 19.7 Å². The Morgan fingerprint density at radius 1 is 1.06 bits per heavy atom. The van der Waals surface area contributed by atoms with Crippen molar-refractivity contribution in [2.75, 3.05) is 17.7 Å². The van der Waals surface area contributed by atoms with Crippen LogP contribution >= 0.6 is 11.8 Å². The molecular formula is C23H26N4O6S. The lowest BCUT2D eigenvalue weighted by molar-refractivity contribution is -0.383. The Kier molecular flexibility index (Phi) is 9.39. The molecule has 34 heavy (non-hydrogen) atoms. The molecule has 0 unspecified atom stereocenters. The van der Waals surface area contributed by atoms with Gasteiger partial charge in [-0.25, -0.2) is 4.63 Å². The van der Waals surface area contributed by atoms with Gasteiger partial charge in [0.1, 0.15) is 0 Å². The molecule has 1 aromatic heterocycles. The number of nitro groups is 1. The number of benzene rings is 2. The number of aromatic nitrogens is 2. The van der Waals surface area contributed by atoms with Crippen LogP contribution in [-0.4, -0.2) is 39.5 Å². The normalized spacial score (nSPS) is 10.9. The van der Waals surface area contributed by atoms with E-state index in [0.29, 0.717) is 12.1 Å². The Bertz CT molecular complexity index is 1150. The predicted molar refractivity (Wildman–Crippen MR) is 128 cm³/mol. The van der Waals surface area contributed by atoms with Crippen LogP contribution in [0.25, 0.3) is 11.0 Å². The molecule has 1 amide bonds. The number of non-ortho nitro benzene ring substituents is 1. The third-order valence-electron chi connectivity index (χ3n) is 5.09. The van der Waals surface area contributed by atoms with Crippen LogP contribution in [0.2, 0.25) is 0 Å². The topological polar surface area (TPSA) is 137 Å². The molecule has 0 saturated carbocycles. The van der Waals surface area contributed by atoms with Gasteiger partial charge in [0, 0.05) is 23.1 Å². The number of carbonyl (C=O) groups is 2. The van der Waals surface area contributed by atoms with Crippen molar-refractivity contribution in [3.8, 4) is 0 Å². The fourth-order valence-electron chi connectivity index (χ4n) is 3.23. The molecule has 10 nitrogen and oxygen atoms in total. The van der Waals surface area contributed by atoms with Gasteiger partial charge in [0.25, 0.3) is 0 Å².